The highest BCUT2D eigenvalue weighted by molar-refractivity contribution is 5.75. The van der Waals surface area contributed by atoms with Crippen LogP contribution >= 0.6 is 0 Å². The molecule has 0 amide bonds. The maximum Gasteiger partial charge on any atom is 0.326 e. The number of aliphatic hydroxyl groups excluding tert-OH is 1. The van der Waals surface area contributed by atoms with Crippen LogP contribution in [-0.2, 0) is 22.6 Å². The Morgan fingerprint density at radius 3 is 2.36 bits per heavy atom. The van der Waals surface area contributed by atoms with Crippen LogP contribution in [-0.4, -0.2) is 45.3 Å². The van der Waals surface area contributed by atoms with Gasteiger partial charge >= 0.3 is 5.69 Å². The summed E-state index contributed by atoms with van der Waals surface area (Å²) in [4.78, 5) is 18.3. The molecule has 0 radical (unpaired) electrons. The standard InChI is InChI=1S/C37H40N4O4/c38-22-26-5-3-6-28(19-26)29-7-4-8-30(20-29)36-44-32(21-35(45-36)27-13-11-25(24-42)12-14-27)23-40-17-15-31(16-18-40)41-34-10-2-1-9-33(34)39-37(41)43/h1-14,19-20,31-32,35-36,42H,15-18,21-24,38H2,(H,39,43)/t32-,35+,36+/m1/s1. The molecule has 2 fully saturated rings. The lowest BCUT2D eigenvalue weighted by molar-refractivity contribution is -0.253. The minimum atomic E-state index is -0.522. The minimum Gasteiger partial charge on any atom is -0.392 e. The van der Waals surface area contributed by atoms with Gasteiger partial charge in [0.1, 0.15) is 0 Å². The number of imidazole rings is 1. The Labute approximate surface area is 263 Å². The van der Waals surface area contributed by atoms with Gasteiger partial charge in [-0.05, 0) is 64.9 Å². The van der Waals surface area contributed by atoms with Crippen LogP contribution in [0.5, 0.6) is 0 Å². The summed E-state index contributed by atoms with van der Waals surface area (Å²) in [7, 11) is 0. The average Bonchev–Trinajstić information content (AvgIpc) is 3.44. The van der Waals surface area contributed by atoms with Gasteiger partial charge in [0.15, 0.2) is 6.29 Å². The number of benzene rings is 4. The molecule has 5 aromatic rings. The number of ether oxygens (including phenoxy) is 2. The normalized spacial score (nSPS) is 21.3. The number of nitrogens with zero attached hydrogens (tertiary/aromatic N) is 2. The second-order valence-electron chi connectivity index (χ2n) is 12.2. The SMILES string of the molecule is NCc1cccc(-c2cccc([C@H]3O[C@@H](CN4CCC(n5c(=O)[nH]c6ccccc65)CC4)C[C@@H](c4ccc(CO)cc4)O3)c2)c1. The van der Waals surface area contributed by atoms with E-state index in [4.69, 9.17) is 15.2 Å². The molecule has 0 unspecified atom stereocenters. The van der Waals surface area contributed by atoms with Crippen molar-refractivity contribution in [3.63, 3.8) is 0 Å². The molecule has 2 aliphatic rings. The minimum absolute atomic E-state index is 0.0128. The fourth-order valence-electron chi connectivity index (χ4n) is 6.86. The highest BCUT2D eigenvalue weighted by Gasteiger charge is 2.34. The van der Waals surface area contributed by atoms with Gasteiger partial charge < -0.3 is 30.2 Å². The zero-order valence-electron chi connectivity index (χ0n) is 25.3. The first-order chi connectivity index (χ1) is 22.1. The van der Waals surface area contributed by atoms with Gasteiger partial charge in [-0.2, -0.15) is 0 Å². The summed E-state index contributed by atoms with van der Waals surface area (Å²) in [6.45, 7) is 3.09. The Bertz CT molecular complexity index is 1810. The molecular weight excluding hydrogens is 564 g/mol. The van der Waals surface area contributed by atoms with E-state index in [-0.39, 0.29) is 30.5 Å². The van der Waals surface area contributed by atoms with Gasteiger partial charge in [0.25, 0.3) is 0 Å². The van der Waals surface area contributed by atoms with E-state index in [0.29, 0.717) is 6.54 Å². The van der Waals surface area contributed by atoms with E-state index in [1.54, 1.807) is 0 Å². The number of nitrogens with two attached hydrogens (primary N) is 1. The summed E-state index contributed by atoms with van der Waals surface area (Å²) in [5.41, 5.74) is 14.0. The molecular formula is C37H40N4O4. The Morgan fingerprint density at radius 1 is 0.822 bits per heavy atom. The van der Waals surface area contributed by atoms with Gasteiger partial charge in [-0.15, -0.1) is 0 Å². The van der Waals surface area contributed by atoms with Gasteiger partial charge in [-0.25, -0.2) is 4.79 Å². The lowest BCUT2D eigenvalue weighted by Gasteiger charge is -2.40. The summed E-state index contributed by atoms with van der Waals surface area (Å²) in [5, 5.41) is 9.57. The van der Waals surface area contributed by atoms with Crippen molar-refractivity contribution in [1.29, 1.82) is 0 Å². The first kappa shape index (κ1) is 29.6. The van der Waals surface area contributed by atoms with E-state index >= 15 is 0 Å². The number of aromatic amines is 1. The van der Waals surface area contributed by atoms with Crippen molar-refractivity contribution in [3.05, 3.63) is 130 Å². The number of likely N-dealkylation sites (tertiary alicyclic amines) is 1. The number of H-pyrrole nitrogens is 1. The van der Waals surface area contributed by atoms with E-state index in [1.165, 1.54) is 0 Å². The average molecular weight is 605 g/mol. The van der Waals surface area contributed by atoms with Crippen molar-refractivity contribution in [2.45, 2.75) is 57.0 Å². The third kappa shape index (κ3) is 6.38. The summed E-state index contributed by atoms with van der Waals surface area (Å²) < 4.78 is 15.3. The monoisotopic (exact) mass is 604 g/mol. The van der Waals surface area contributed by atoms with Gasteiger partial charge in [-0.3, -0.25) is 4.57 Å². The second-order valence-corrected chi connectivity index (χ2v) is 12.2. The Hall–Kier alpha value is -4.05. The van der Waals surface area contributed by atoms with E-state index in [0.717, 1.165) is 83.3 Å². The smallest absolute Gasteiger partial charge is 0.326 e. The largest absolute Gasteiger partial charge is 0.392 e. The number of aromatic nitrogens is 2. The maximum atomic E-state index is 12.8. The third-order valence-electron chi connectivity index (χ3n) is 9.28. The van der Waals surface area contributed by atoms with Crippen molar-refractivity contribution in [2.24, 2.45) is 5.73 Å². The van der Waals surface area contributed by atoms with Crippen LogP contribution < -0.4 is 11.4 Å². The molecule has 2 aliphatic heterocycles. The number of hydrogen-bond acceptors (Lipinski definition) is 6. The van der Waals surface area contributed by atoms with Crippen LogP contribution in [0.3, 0.4) is 0 Å². The summed E-state index contributed by atoms with van der Waals surface area (Å²) in [5.74, 6) is 0. The first-order valence-corrected chi connectivity index (χ1v) is 15.9. The van der Waals surface area contributed by atoms with Gasteiger partial charge in [0.2, 0.25) is 0 Å². The maximum absolute atomic E-state index is 12.8. The lowest BCUT2D eigenvalue weighted by Crippen LogP contribution is -2.43. The molecule has 0 spiro atoms. The van der Waals surface area contributed by atoms with Crippen LogP contribution in [0.25, 0.3) is 22.2 Å². The highest BCUT2D eigenvalue weighted by Crippen LogP contribution is 2.39. The molecule has 8 heteroatoms. The quantitative estimate of drug-likeness (QED) is 0.206. The van der Waals surface area contributed by atoms with Gasteiger partial charge in [0, 0.05) is 44.2 Å². The number of nitrogens with one attached hydrogen (secondary N) is 1. The summed E-state index contributed by atoms with van der Waals surface area (Å²) in [6, 6.07) is 32.8. The Kier molecular flexibility index (Phi) is 8.65. The number of fused-ring (bicyclic) bond motifs is 1. The van der Waals surface area contributed by atoms with E-state index in [9.17, 15) is 9.90 Å². The fourth-order valence-corrected chi connectivity index (χ4v) is 6.86. The van der Waals surface area contributed by atoms with Crippen LogP contribution in [0.4, 0.5) is 0 Å². The molecule has 1 aromatic heterocycles. The summed E-state index contributed by atoms with van der Waals surface area (Å²) >= 11 is 0. The molecule has 7 rings (SSSR count). The molecule has 232 valence electrons. The van der Waals surface area contributed by atoms with Crippen LogP contribution in [0.2, 0.25) is 0 Å². The molecule has 0 aliphatic carbocycles. The number of piperidine rings is 1. The van der Waals surface area contributed by atoms with Crippen molar-refractivity contribution < 1.29 is 14.6 Å². The highest BCUT2D eigenvalue weighted by atomic mass is 16.7. The van der Waals surface area contributed by atoms with Gasteiger partial charge in [0.05, 0.1) is 29.8 Å². The first-order valence-electron chi connectivity index (χ1n) is 15.9. The van der Waals surface area contributed by atoms with Crippen LogP contribution in [0, 0.1) is 0 Å². The van der Waals surface area contributed by atoms with Crippen molar-refractivity contribution in [3.8, 4) is 11.1 Å². The number of aliphatic hydroxyl groups is 1. The molecule has 0 saturated carbocycles. The Balaban J connectivity index is 1.09. The molecule has 4 N–H and O–H groups in total. The zero-order valence-corrected chi connectivity index (χ0v) is 25.3. The third-order valence-corrected chi connectivity index (χ3v) is 9.28. The molecule has 8 nitrogen and oxygen atoms in total. The second kappa shape index (κ2) is 13.1. The van der Waals surface area contributed by atoms with Crippen LogP contribution in [0.15, 0.2) is 102 Å². The van der Waals surface area contributed by atoms with Crippen molar-refractivity contribution >= 4 is 11.0 Å². The van der Waals surface area contributed by atoms with Crippen molar-refractivity contribution in [1.82, 2.24) is 14.5 Å². The number of rotatable bonds is 8. The molecule has 0 bridgehead atoms. The zero-order chi connectivity index (χ0) is 30.8. The van der Waals surface area contributed by atoms with Crippen LogP contribution in [0.1, 0.15) is 60.0 Å². The molecule has 2 saturated heterocycles. The van der Waals surface area contributed by atoms with Gasteiger partial charge in [-0.1, -0.05) is 72.8 Å². The molecule has 45 heavy (non-hydrogen) atoms. The van der Waals surface area contributed by atoms with E-state index in [1.807, 2.05) is 53.1 Å². The van der Waals surface area contributed by atoms with E-state index < -0.39 is 6.29 Å². The molecule has 3 atom stereocenters. The predicted molar refractivity (Wildman–Crippen MR) is 175 cm³/mol. The lowest BCUT2D eigenvalue weighted by atomic mass is 9.97. The number of para-hydroxylation sites is 2. The summed E-state index contributed by atoms with van der Waals surface area (Å²) in [6.07, 6.45) is 1.84. The topological polar surface area (TPSA) is 106 Å². The molecule has 4 aromatic carbocycles. The Morgan fingerprint density at radius 2 is 1.58 bits per heavy atom. The molecule has 3 heterocycles. The predicted octanol–water partition coefficient (Wildman–Crippen LogP) is 5.83. The fraction of sp³-hybridized carbons (Fsp3) is 0.324. The van der Waals surface area contributed by atoms with Crippen molar-refractivity contribution in [2.75, 3.05) is 19.6 Å². The number of hydrogen-bond donors (Lipinski definition) is 3. The van der Waals surface area contributed by atoms with E-state index in [2.05, 4.69) is 58.4 Å².